The fourth-order valence-electron chi connectivity index (χ4n) is 1.61. The van der Waals surface area contributed by atoms with Gasteiger partial charge in [0.2, 0.25) is 0 Å². The Morgan fingerprint density at radius 2 is 2.40 bits per heavy atom. The molecule has 2 heterocycles. The second-order valence-electron chi connectivity index (χ2n) is 3.58. The minimum Gasteiger partial charge on any atom is -0.393 e. The zero-order chi connectivity index (χ0) is 10.7. The maximum absolute atomic E-state index is 9.70. The van der Waals surface area contributed by atoms with Crippen molar-refractivity contribution in [1.82, 2.24) is 19.6 Å². The number of rotatable bonds is 4. The largest absolute Gasteiger partial charge is 0.393 e. The van der Waals surface area contributed by atoms with Crippen molar-refractivity contribution < 1.29 is 5.11 Å². The molecule has 2 rings (SSSR count). The Balaban J connectivity index is 2.23. The maximum atomic E-state index is 9.70. The van der Waals surface area contributed by atoms with Gasteiger partial charge in [-0.25, -0.2) is 0 Å². The molecule has 0 aliphatic heterocycles. The van der Waals surface area contributed by atoms with Gasteiger partial charge in [-0.1, -0.05) is 13.3 Å². The Morgan fingerprint density at radius 1 is 1.53 bits per heavy atom. The Bertz CT molecular complexity index is 440. The highest BCUT2D eigenvalue weighted by atomic mass is 16.3. The topological polar surface area (TPSA) is 63.3 Å². The van der Waals surface area contributed by atoms with Gasteiger partial charge < -0.3 is 5.11 Å². The Labute approximate surface area is 87.8 Å². The van der Waals surface area contributed by atoms with Gasteiger partial charge in [-0.05, 0) is 6.42 Å². The zero-order valence-corrected chi connectivity index (χ0v) is 8.67. The van der Waals surface area contributed by atoms with E-state index in [9.17, 15) is 5.11 Å². The average Bonchev–Trinajstić information content (AvgIpc) is 2.67. The highest BCUT2D eigenvalue weighted by Gasteiger charge is 2.10. The van der Waals surface area contributed by atoms with Gasteiger partial charge in [0.25, 0.3) is 0 Å². The zero-order valence-electron chi connectivity index (χ0n) is 8.67. The number of hydrogen-bond acceptors (Lipinski definition) is 4. The molecule has 0 saturated carbocycles. The number of fused-ring (bicyclic) bond motifs is 1. The number of aliphatic hydroxyl groups is 1. The van der Waals surface area contributed by atoms with Crippen LogP contribution in [-0.4, -0.2) is 30.8 Å². The van der Waals surface area contributed by atoms with Crippen molar-refractivity contribution in [2.75, 3.05) is 0 Å². The summed E-state index contributed by atoms with van der Waals surface area (Å²) >= 11 is 0. The van der Waals surface area contributed by atoms with Crippen LogP contribution in [0.3, 0.4) is 0 Å². The highest BCUT2D eigenvalue weighted by Crippen LogP contribution is 2.09. The molecular weight excluding hydrogens is 192 g/mol. The summed E-state index contributed by atoms with van der Waals surface area (Å²) in [7, 11) is 0. The fourth-order valence-corrected chi connectivity index (χ4v) is 1.61. The normalized spacial score (nSPS) is 13.2. The van der Waals surface area contributed by atoms with E-state index < -0.39 is 0 Å². The van der Waals surface area contributed by atoms with Crippen molar-refractivity contribution in [3.8, 4) is 0 Å². The van der Waals surface area contributed by atoms with E-state index in [0.717, 1.165) is 24.2 Å². The van der Waals surface area contributed by atoms with Gasteiger partial charge in [0.1, 0.15) is 6.33 Å². The van der Waals surface area contributed by atoms with Crippen molar-refractivity contribution in [1.29, 1.82) is 0 Å². The van der Waals surface area contributed by atoms with E-state index in [1.54, 1.807) is 23.1 Å². The van der Waals surface area contributed by atoms with Gasteiger partial charge in [-0.15, -0.1) is 10.2 Å². The third kappa shape index (κ3) is 2.12. The molecule has 1 unspecified atom stereocenters. The molecule has 0 spiro atoms. The molecule has 0 aliphatic carbocycles. The first-order valence-corrected chi connectivity index (χ1v) is 5.12. The summed E-state index contributed by atoms with van der Waals surface area (Å²) in [6, 6.07) is 0. The molecule has 0 radical (unpaired) electrons. The van der Waals surface area contributed by atoms with Gasteiger partial charge in [-0.2, -0.15) is 0 Å². The van der Waals surface area contributed by atoms with Gasteiger partial charge in [0.15, 0.2) is 5.65 Å². The lowest BCUT2D eigenvalue weighted by molar-refractivity contribution is 0.163. The van der Waals surface area contributed by atoms with Gasteiger partial charge in [0.05, 0.1) is 11.8 Å². The van der Waals surface area contributed by atoms with E-state index in [1.165, 1.54) is 0 Å². The molecule has 0 bridgehead atoms. The molecule has 15 heavy (non-hydrogen) atoms. The summed E-state index contributed by atoms with van der Waals surface area (Å²) < 4.78 is 1.81. The Kier molecular flexibility index (Phi) is 2.91. The highest BCUT2D eigenvalue weighted by molar-refractivity contribution is 5.41. The predicted octanol–water partition coefficient (Wildman–Crippen LogP) is 0.828. The minimum atomic E-state index is -0.342. The first kappa shape index (κ1) is 10.0. The number of nitrogens with zero attached hydrogens (tertiary/aromatic N) is 4. The summed E-state index contributed by atoms with van der Waals surface area (Å²) in [5, 5.41) is 17.5. The minimum absolute atomic E-state index is 0.342. The van der Waals surface area contributed by atoms with Gasteiger partial charge >= 0.3 is 0 Å². The fraction of sp³-hybridized carbons (Fsp3) is 0.500. The lowest BCUT2D eigenvalue weighted by Gasteiger charge is -2.08. The summed E-state index contributed by atoms with van der Waals surface area (Å²) in [6.07, 6.45) is 7.08. The lowest BCUT2D eigenvalue weighted by Crippen LogP contribution is -2.12. The molecule has 5 heteroatoms. The van der Waals surface area contributed by atoms with E-state index in [2.05, 4.69) is 15.2 Å². The van der Waals surface area contributed by atoms with Crippen LogP contribution in [0.15, 0.2) is 18.7 Å². The van der Waals surface area contributed by atoms with Crippen molar-refractivity contribution >= 4 is 5.65 Å². The summed E-state index contributed by atoms with van der Waals surface area (Å²) in [5.74, 6) is 0. The quantitative estimate of drug-likeness (QED) is 0.804. The van der Waals surface area contributed by atoms with Gasteiger partial charge in [-0.3, -0.25) is 9.38 Å². The van der Waals surface area contributed by atoms with Crippen molar-refractivity contribution in [2.24, 2.45) is 0 Å². The third-order valence-corrected chi connectivity index (χ3v) is 2.34. The molecular formula is C10H14N4O. The van der Waals surface area contributed by atoms with Crippen molar-refractivity contribution in [2.45, 2.75) is 32.3 Å². The van der Waals surface area contributed by atoms with Crippen LogP contribution in [0.1, 0.15) is 25.5 Å². The predicted molar refractivity (Wildman–Crippen MR) is 55.4 cm³/mol. The molecule has 2 aromatic rings. The average molecular weight is 206 g/mol. The number of aromatic nitrogens is 4. The Hall–Kier alpha value is -1.49. The maximum Gasteiger partial charge on any atom is 0.182 e. The van der Waals surface area contributed by atoms with Crippen LogP contribution in [0, 0.1) is 0 Å². The van der Waals surface area contributed by atoms with E-state index >= 15 is 0 Å². The molecule has 80 valence electrons. The molecule has 1 atom stereocenters. The molecule has 2 aromatic heterocycles. The first-order valence-electron chi connectivity index (χ1n) is 5.12. The van der Waals surface area contributed by atoms with E-state index in [0.29, 0.717) is 6.42 Å². The van der Waals surface area contributed by atoms with E-state index in [-0.39, 0.29) is 6.10 Å². The molecule has 0 aromatic carbocycles. The van der Waals surface area contributed by atoms with Crippen LogP contribution in [0.2, 0.25) is 0 Å². The second-order valence-corrected chi connectivity index (χ2v) is 3.58. The van der Waals surface area contributed by atoms with Crippen molar-refractivity contribution in [3.05, 3.63) is 24.4 Å². The summed E-state index contributed by atoms with van der Waals surface area (Å²) in [4.78, 5) is 4.22. The molecule has 1 N–H and O–H groups in total. The lowest BCUT2D eigenvalue weighted by atomic mass is 10.1. The van der Waals surface area contributed by atoms with Crippen LogP contribution in [0.5, 0.6) is 0 Å². The third-order valence-electron chi connectivity index (χ3n) is 2.34. The molecule has 0 aliphatic rings. The standard InChI is InChI=1S/C10H14N4O/c1-2-3-8(15)6-9-10-13-12-7-14(10)5-4-11-9/h4-5,7-8,15H,2-3,6H2,1H3. The molecule has 0 amide bonds. The van der Waals surface area contributed by atoms with Crippen molar-refractivity contribution in [3.63, 3.8) is 0 Å². The second kappa shape index (κ2) is 4.35. The van der Waals surface area contributed by atoms with E-state index in [4.69, 9.17) is 0 Å². The van der Waals surface area contributed by atoms with Crippen LogP contribution >= 0.6 is 0 Å². The van der Waals surface area contributed by atoms with Gasteiger partial charge in [0, 0.05) is 18.8 Å². The monoisotopic (exact) mass is 206 g/mol. The molecule has 0 fully saturated rings. The summed E-state index contributed by atoms with van der Waals surface area (Å²) in [6.45, 7) is 2.05. The number of aliphatic hydroxyl groups excluding tert-OH is 1. The van der Waals surface area contributed by atoms with Crippen LogP contribution in [-0.2, 0) is 6.42 Å². The molecule has 5 nitrogen and oxygen atoms in total. The smallest absolute Gasteiger partial charge is 0.182 e. The SMILES string of the molecule is CCCC(O)Cc1nccn2cnnc12. The Morgan fingerprint density at radius 3 is 3.20 bits per heavy atom. The number of hydrogen-bond donors (Lipinski definition) is 1. The van der Waals surface area contributed by atoms with Crippen LogP contribution in [0.25, 0.3) is 5.65 Å². The molecule has 0 saturated heterocycles. The van der Waals surface area contributed by atoms with Crippen LogP contribution < -0.4 is 0 Å². The first-order chi connectivity index (χ1) is 7.31. The van der Waals surface area contributed by atoms with E-state index in [1.807, 2.05) is 6.92 Å². The summed E-state index contributed by atoms with van der Waals surface area (Å²) in [5.41, 5.74) is 1.53. The van der Waals surface area contributed by atoms with Crippen LogP contribution in [0.4, 0.5) is 0 Å².